The van der Waals surface area contributed by atoms with Crippen molar-refractivity contribution in [3.8, 4) is 0 Å². The molecule has 2 atom stereocenters. The van der Waals surface area contributed by atoms with Crippen LogP contribution >= 0.6 is 0 Å². The highest BCUT2D eigenvalue weighted by Crippen LogP contribution is 2.09. The molecule has 0 aromatic heterocycles. The van der Waals surface area contributed by atoms with E-state index in [-0.39, 0.29) is 42.8 Å². The SMILES string of the molecule is CC(C)C1NC(=O)CNC1=O.COC(=O)CNC(=O)C(NC(=O)OC(C)(C)C)C(C)C. The molecule has 0 aliphatic carbocycles. The number of carbonyl (C=O) groups excluding carboxylic acids is 5. The van der Waals surface area contributed by atoms with E-state index in [2.05, 4.69) is 26.0 Å². The zero-order chi connectivity index (χ0) is 24.4. The molecule has 4 N–H and O–H groups in total. The van der Waals surface area contributed by atoms with E-state index in [1.165, 1.54) is 7.11 Å². The van der Waals surface area contributed by atoms with Gasteiger partial charge in [-0.1, -0.05) is 27.7 Å². The topological polar surface area (TPSA) is 152 Å². The molecule has 11 nitrogen and oxygen atoms in total. The monoisotopic (exact) mass is 444 g/mol. The number of hydrogen-bond donors (Lipinski definition) is 4. The highest BCUT2D eigenvalue weighted by atomic mass is 16.6. The van der Waals surface area contributed by atoms with E-state index in [1.807, 2.05) is 13.8 Å². The van der Waals surface area contributed by atoms with Crippen molar-refractivity contribution in [2.75, 3.05) is 20.2 Å². The molecule has 178 valence electrons. The number of carbonyl (C=O) groups is 5. The number of methoxy groups -OCH3 is 1. The van der Waals surface area contributed by atoms with Crippen molar-refractivity contribution in [2.45, 2.75) is 66.2 Å². The summed E-state index contributed by atoms with van der Waals surface area (Å²) in [4.78, 5) is 56.4. The summed E-state index contributed by atoms with van der Waals surface area (Å²) in [5.41, 5.74) is -0.645. The van der Waals surface area contributed by atoms with Crippen LogP contribution in [0.3, 0.4) is 0 Å². The normalized spacial score (nSPS) is 16.9. The van der Waals surface area contributed by atoms with Crippen LogP contribution in [0.4, 0.5) is 4.79 Å². The van der Waals surface area contributed by atoms with Crippen molar-refractivity contribution in [1.82, 2.24) is 21.3 Å². The van der Waals surface area contributed by atoms with Crippen LogP contribution in [-0.2, 0) is 28.7 Å². The van der Waals surface area contributed by atoms with Crippen molar-refractivity contribution in [2.24, 2.45) is 11.8 Å². The largest absolute Gasteiger partial charge is 0.468 e. The average Bonchev–Trinajstić information content (AvgIpc) is 2.64. The van der Waals surface area contributed by atoms with E-state index in [4.69, 9.17) is 4.74 Å². The van der Waals surface area contributed by atoms with Crippen LogP contribution in [0.15, 0.2) is 0 Å². The Morgan fingerprint density at radius 1 is 1.13 bits per heavy atom. The summed E-state index contributed by atoms with van der Waals surface area (Å²) in [6.07, 6.45) is -0.676. The molecule has 0 aromatic carbocycles. The molecule has 0 spiro atoms. The number of rotatable bonds is 6. The summed E-state index contributed by atoms with van der Waals surface area (Å²) in [5.74, 6) is -1.21. The van der Waals surface area contributed by atoms with Crippen LogP contribution in [-0.4, -0.2) is 67.7 Å². The van der Waals surface area contributed by atoms with Crippen LogP contribution in [0.1, 0.15) is 48.5 Å². The number of esters is 1. The van der Waals surface area contributed by atoms with Crippen LogP contribution in [0.5, 0.6) is 0 Å². The van der Waals surface area contributed by atoms with Crippen molar-refractivity contribution in [1.29, 1.82) is 0 Å². The Morgan fingerprint density at radius 2 is 1.71 bits per heavy atom. The minimum Gasteiger partial charge on any atom is -0.468 e. The lowest BCUT2D eigenvalue weighted by Gasteiger charge is -2.25. The van der Waals surface area contributed by atoms with Crippen LogP contribution in [0.2, 0.25) is 0 Å². The summed E-state index contributed by atoms with van der Waals surface area (Å²) in [7, 11) is 1.23. The van der Waals surface area contributed by atoms with Gasteiger partial charge in [0.05, 0.1) is 13.7 Å². The smallest absolute Gasteiger partial charge is 0.408 e. The first-order chi connectivity index (χ1) is 14.2. The third kappa shape index (κ3) is 11.8. The van der Waals surface area contributed by atoms with E-state index in [9.17, 15) is 24.0 Å². The van der Waals surface area contributed by atoms with Gasteiger partial charge in [-0.25, -0.2) is 4.79 Å². The van der Waals surface area contributed by atoms with E-state index < -0.39 is 29.6 Å². The first-order valence-corrected chi connectivity index (χ1v) is 10.1. The van der Waals surface area contributed by atoms with Gasteiger partial charge in [-0.2, -0.15) is 0 Å². The molecule has 31 heavy (non-hydrogen) atoms. The van der Waals surface area contributed by atoms with E-state index >= 15 is 0 Å². The summed E-state index contributed by atoms with van der Waals surface area (Å²) in [5, 5.41) is 10.0. The van der Waals surface area contributed by atoms with Gasteiger partial charge in [0.15, 0.2) is 0 Å². The Hall–Kier alpha value is -2.85. The molecule has 1 rings (SSSR count). The fraction of sp³-hybridized carbons (Fsp3) is 0.750. The molecule has 1 aliphatic heterocycles. The first kappa shape index (κ1) is 28.1. The molecule has 0 saturated carbocycles. The van der Waals surface area contributed by atoms with Gasteiger partial charge < -0.3 is 30.7 Å². The molecule has 1 heterocycles. The first-order valence-electron chi connectivity index (χ1n) is 10.1. The fourth-order valence-corrected chi connectivity index (χ4v) is 2.35. The van der Waals surface area contributed by atoms with Gasteiger partial charge in [0, 0.05) is 0 Å². The highest BCUT2D eigenvalue weighted by molar-refractivity contribution is 5.94. The molecule has 0 radical (unpaired) electrons. The molecule has 2 unspecified atom stereocenters. The second-order valence-corrected chi connectivity index (χ2v) is 8.67. The number of alkyl carbamates (subject to hydrolysis) is 1. The molecule has 0 bridgehead atoms. The van der Waals surface area contributed by atoms with Crippen molar-refractivity contribution in [3.05, 3.63) is 0 Å². The Morgan fingerprint density at radius 3 is 2.13 bits per heavy atom. The number of piperazine rings is 1. The molecule has 0 aromatic rings. The van der Waals surface area contributed by atoms with Crippen LogP contribution in [0.25, 0.3) is 0 Å². The summed E-state index contributed by atoms with van der Waals surface area (Å²) in [6, 6.07) is -1.13. The van der Waals surface area contributed by atoms with Crippen molar-refractivity contribution >= 4 is 29.8 Å². The Labute approximate surface area is 183 Å². The molecule has 11 heteroatoms. The average molecular weight is 445 g/mol. The van der Waals surface area contributed by atoms with Crippen LogP contribution in [0, 0.1) is 11.8 Å². The summed E-state index contributed by atoms with van der Waals surface area (Å²) < 4.78 is 9.52. The lowest BCUT2D eigenvalue weighted by molar-refractivity contribution is -0.141. The summed E-state index contributed by atoms with van der Waals surface area (Å²) >= 11 is 0. The Kier molecular flexibility index (Phi) is 11.6. The predicted octanol–water partition coefficient (Wildman–Crippen LogP) is 0.0819. The quantitative estimate of drug-likeness (QED) is 0.423. The molecule has 4 amide bonds. The molecular formula is C20H36N4O7. The lowest BCUT2D eigenvalue weighted by Crippen LogP contribution is -2.58. The second-order valence-electron chi connectivity index (χ2n) is 8.67. The predicted molar refractivity (Wildman–Crippen MR) is 113 cm³/mol. The van der Waals surface area contributed by atoms with Gasteiger partial charge >= 0.3 is 12.1 Å². The van der Waals surface area contributed by atoms with Gasteiger partial charge in [0.1, 0.15) is 24.2 Å². The molecule has 1 fully saturated rings. The van der Waals surface area contributed by atoms with Gasteiger partial charge in [-0.15, -0.1) is 0 Å². The second kappa shape index (κ2) is 12.8. The van der Waals surface area contributed by atoms with Gasteiger partial charge in [-0.05, 0) is 32.6 Å². The maximum absolute atomic E-state index is 11.9. The number of nitrogens with one attached hydrogen (secondary N) is 4. The number of hydrogen-bond acceptors (Lipinski definition) is 7. The minimum absolute atomic E-state index is 0.0837. The zero-order valence-electron chi connectivity index (χ0n) is 19.6. The van der Waals surface area contributed by atoms with Gasteiger partial charge in [-0.3, -0.25) is 19.2 Å². The minimum atomic E-state index is -0.783. The number of amides is 4. The van der Waals surface area contributed by atoms with Crippen molar-refractivity contribution in [3.63, 3.8) is 0 Å². The fourth-order valence-electron chi connectivity index (χ4n) is 2.35. The lowest BCUT2D eigenvalue weighted by atomic mass is 10.0. The van der Waals surface area contributed by atoms with E-state index in [0.717, 1.165) is 0 Å². The highest BCUT2D eigenvalue weighted by Gasteiger charge is 2.28. The summed E-state index contributed by atoms with van der Waals surface area (Å²) in [6.45, 7) is 12.4. The van der Waals surface area contributed by atoms with Gasteiger partial charge in [0.25, 0.3) is 0 Å². The maximum Gasteiger partial charge on any atom is 0.408 e. The zero-order valence-corrected chi connectivity index (χ0v) is 19.6. The Bertz CT molecular complexity index is 656. The van der Waals surface area contributed by atoms with Crippen molar-refractivity contribution < 1.29 is 33.4 Å². The maximum atomic E-state index is 11.9. The van der Waals surface area contributed by atoms with E-state index in [1.54, 1.807) is 34.6 Å². The van der Waals surface area contributed by atoms with E-state index in [0.29, 0.717) is 0 Å². The van der Waals surface area contributed by atoms with Crippen LogP contribution < -0.4 is 21.3 Å². The molecular weight excluding hydrogens is 408 g/mol. The standard InChI is InChI=1S/C13H24N2O5.C7H12N2O2/c1-8(2)10(11(17)14-7-9(16)19-6)15-12(18)20-13(3,4)5;1-4(2)6-7(11)8-3-5(10)9-6/h8,10H,7H2,1-6H3,(H,14,17)(H,15,18);4,6H,3H2,1-2H3,(H,8,11)(H,9,10). The number of ether oxygens (including phenoxy) is 2. The third-order valence-corrected chi connectivity index (χ3v) is 3.94. The third-order valence-electron chi connectivity index (χ3n) is 3.94. The molecule has 1 saturated heterocycles. The Balaban J connectivity index is 0.000000683. The van der Waals surface area contributed by atoms with Gasteiger partial charge in [0.2, 0.25) is 17.7 Å². The molecule has 1 aliphatic rings.